The molecule has 1 aliphatic carbocycles. The topological polar surface area (TPSA) is 132 Å². The highest BCUT2D eigenvalue weighted by Gasteiger charge is 2.44. The number of halogens is 1. The lowest BCUT2D eigenvalue weighted by Crippen LogP contribution is -2.28. The van der Waals surface area contributed by atoms with Crippen LogP contribution in [-0.2, 0) is 4.79 Å². The third-order valence-corrected chi connectivity index (χ3v) is 5.81. The number of rotatable bonds is 8. The van der Waals surface area contributed by atoms with Crippen molar-refractivity contribution in [1.29, 1.82) is 0 Å². The van der Waals surface area contributed by atoms with Crippen LogP contribution in [0.1, 0.15) is 35.2 Å². The Hall–Kier alpha value is -4.11. The third-order valence-electron chi connectivity index (χ3n) is 5.56. The lowest BCUT2D eigenvalue weighted by molar-refractivity contribution is -0.138. The van der Waals surface area contributed by atoms with E-state index in [0.717, 1.165) is 5.56 Å². The van der Waals surface area contributed by atoms with Gasteiger partial charge < -0.3 is 21.1 Å². The standard InChI is InChI=1S/C25H24ClN5O4/c1-2-27-25(35)31-22-12-21(29-16-9-5-15(26)6-10-16)20(13-28-22)23(32)30-17-7-3-14(4-8-17)18-11-19(18)24(33)34/h3-10,12-13,18-19H,2,11H2,1H3,(H,30,32)(H,33,34)(H3,27,28,29,31,35)/t18?,19-/m1/s1. The van der Waals surface area contributed by atoms with Crippen molar-refractivity contribution in [2.45, 2.75) is 19.3 Å². The second kappa shape index (κ2) is 10.4. The SMILES string of the molecule is CCNC(=O)Nc1cc(Nc2ccc(Cl)cc2)c(C(=O)Nc2ccc(C3C[C@H]3C(=O)O)cc2)cn1. The number of urea groups is 1. The van der Waals surface area contributed by atoms with E-state index in [0.29, 0.717) is 35.1 Å². The normalized spacial score (nSPS) is 16.2. The minimum Gasteiger partial charge on any atom is -0.481 e. The monoisotopic (exact) mass is 493 g/mol. The second-order valence-electron chi connectivity index (χ2n) is 8.09. The number of hydrogen-bond acceptors (Lipinski definition) is 5. The Morgan fingerprint density at radius 3 is 2.34 bits per heavy atom. The van der Waals surface area contributed by atoms with Gasteiger partial charge in [0.15, 0.2) is 0 Å². The molecule has 2 aromatic carbocycles. The van der Waals surface area contributed by atoms with Crippen molar-refractivity contribution >= 4 is 52.4 Å². The third kappa shape index (κ3) is 6.07. The summed E-state index contributed by atoms with van der Waals surface area (Å²) in [5, 5.41) is 21.0. The molecule has 0 spiro atoms. The van der Waals surface area contributed by atoms with Crippen LogP contribution in [0.5, 0.6) is 0 Å². The fraction of sp³-hybridized carbons (Fsp3) is 0.200. The first kappa shape index (κ1) is 24.0. The van der Waals surface area contributed by atoms with E-state index >= 15 is 0 Å². The molecule has 3 amide bonds. The number of pyridine rings is 1. The zero-order chi connectivity index (χ0) is 24.9. The number of carboxylic acids is 1. The zero-order valence-electron chi connectivity index (χ0n) is 18.8. The van der Waals surface area contributed by atoms with E-state index in [4.69, 9.17) is 16.7 Å². The second-order valence-corrected chi connectivity index (χ2v) is 8.53. The maximum atomic E-state index is 13.1. The van der Waals surface area contributed by atoms with Crippen LogP contribution in [0.25, 0.3) is 0 Å². The van der Waals surface area contributed by atoms with Crippen molar-refractivity contribution in [3.8, 4) is 0 Å². The Balaban J connectivity index is 1.53. The van der Waals surface area contributed by atoms with Gasteiger partial charge in [-0.3, -0.25) is 14.9 Å². The van der Waals surface area contributed by atoms with Gasteiger partial charge in [0.05, 0.1) is 17.2 Å². The van der Waals surface area contributed by atoms with Crippen LogP contribution in [0, 0.1) is 5.92 Å². The molecule has 9 nitrogen and oxygen atoms in total. The number of amides is 3. The number of carbonyl (C=O) groups excluding carboxylic acids is 2. The Labute approximate surface area is 206 Å². The smallest absolute Gasteiger partial charge is 0.320 e. The van der Waals surface area contributed by atoms with Gasteiger partial charge in [-0.25, -0.2) is 9.78 Å². The molecule has 3 aromatic rings. The van der Waals surface area contributed by atoms with Crippen LogP contribution < -0.4 is 21.3 Å². The molecule has 0 aliphatic heterocycles. The molecule has 0 saturated heterocycles. The minimum atomic E-state index is -0.786. The van der Waals surface area contributed by atoms with E-state index < -0.39 is 17.9 Å². The summed E-state index contributed by atoms with van der Waals surface area (Å²) < 4.78 is 0. The zero-order valence-corrected chi connectivity index (χ0v) is 19.6. The highest BCUT2D eigenvalue weighted by Crippen LogP contribution is 2.47. The number of aliphatic carboxylic acids is 1. The van der Waals surface area contributed by atoms with Gasteiger partial charge in [-0.1, -0.05) is 23.7 Å². The molecule has 0 radical (unpaired) electrons. The van der Waals surface area contributed by atoms with Gasteiger partial charge >= 0.3 is 12.0 Å². The Bertz CT molecular complexity index is 1250. The van der Waals surface area contributed by atoms with Crippen LogP contribution in [0.4, 0.5) is 27.7 Å². The summed E-state index contributed by atoms with van der Waals surface area (Å²) >= 11 is 5.97. The summed E-state index contributed by atoms with van der Waals surface area (Å²) in [6.45, 7) is 2.26. The lowest BCUT2D eigenvalue weighted by atomic mass is 10.1. The van der Waals surface area contributed by atoms with E-state index in [1.165, 1.54) is 6.20 Å². The van der Waals surface area contributed by atoms with Crippen LogP contribution >= 0.6 is 11.6 Å². The summed E-state index contributed by atoms with van der Waals surface area (Å²) in [5.41, 5.74) is 2.89. The van der Waals surface area contributed by atoms with Crippen molar-refractivity contribution < 1.29 is 19.5 Å². The van der Waals surface area contributed by atoms with E-state index in [9.17, 15) is 14.4 Å². The molecule has 180 valence electrons. The van der Waals surface area contributed by atoms with Crippen molar-refractivity contribution in [3.63, 3.8) is 0 Å². The first-order valence-corrected chi connectivity index (χ1v) is 11.4. The molecule has 0 bridgehead atoms. The van der Waals surface area contributed by atoms with E-state index in [2.05, 4.69) is 26.3 Å². The van der Waals surface area contributed by atoms with Crippen LogP contribution in [0.3, 0.4) is 0 Å². The number of anilines is 4. The number of nitrogens with one attached hydrogen (secondary N) is 4. The molecule has 4 rings (SSSR count). The van der Waals surface area contributed by atoms with Gasteiger partial charge in [-0.2, -0.15) is 0 Å². The molecule has 1 aliphatic rings. The largest absolute Gasteiger partial charge is 0.481 e. The summed E-state index contributed by atoms with van der Waals surface area (Å²) in [4.78, 5) is 40.3. The number of carboxylic acid groups (broad SMARTS) is 1. The van der Waals surface area contributed by atoms with Gasteiger partial charge in [0, 0.05) is 35.2 Å². The maximum Gasteiger partial charge on any atom is 0.320 e. The number of hydrogen-bond donors (Lipinski definition) is 5. The molecule has 1 aromatic heterocycles. The van der Waals surface area contributed by atoms with E-state index in [1.54, 1.807) is 49.4 Å². The highest BCUT2D eigenvalue weighted by atomic mass is 35.5. The highest BCUT2D eigenvalue weighted by molar-refractivity contribution is 6.30. The molecule has 2 atom stereocenters. The number of carbonyl (C=O) groups is 3. The molecule has 5 N–H and O–H groups in total. The number of aromatic nitrogens is 1. The average Bonchev–Trinajstić information content (AvgIpc) is 3.63. The van der Waals surface area contributed by atoms with Gasteiger partial charge in [0.25, 0.3) is 5.91 Å². The van der Waals surface area contributed by atoms with E-state index in [-0.39, 0.29) is 23.2 Å². The predicted molar refractivity (Wildman–Crippen MR) is 135 cm³/mol. The molecule has 35 heavy (non-hydrogen) atoms. The Morgan fingerprint density at radius 1 is 1.03 bits per heavy atom. The lowest BCUT2D eigenvalue weighted by Gasteiger charge is -2.14. The van der Waals surface area contributed by atoms with Crippen molar-refractivity contribution in [2.75, 3.05) is 22.5 Å². The maximum absolute atomic E-state index is 13.1. The van der Waals surface area contributed by atoms with Gasteiger partial charge in [-0.15, -0.1) is 0 Å². The van der Waals surface area contributed by atoms with Gasteiger partial charge in [0.1, 0.15) is 5.82 Å². The van der Waals surface area contributed by atoms with Crippen LogP contribution in [0.15, 0.2) is 60.8 Å². The molecular formula is C25H24ClN5O4. The molecule has 10 heteroatoms. The molecule has 1 heterocycles. The quantitative estimate of drug-likeness (QED) is 0.298. The van der Waals surface area contributed by atoms with Crippen LogP contribution in [-0.4, -0.2) is 34.5 Å². The number of nitrogens with zero attached hydrogens (tertiary/aromatic N) is 1. The Kier molecular flexibility index (Phi) is 7.17. The number of benzene rings is 2. The average molecular weight is 494 g/mol. The van der Waals surface area contributed by atoms with Crippen LogP contribution in [0.2, 0.25) is 5.02 Å². The Morgan fingerprint density at radius 2 is 1.71 bits per heavy atom. The fourth-order valence-electron chi connectivity index (χ4n) is 3.67. The molecule has 1 saturated carbocycles. The minimum absolute atomic E-state index is 0.0154. The first-order chi connectivity index (χ1) is 16.8. The van der Waals surface area contributed by atoms with Crippen molar-refractivity contribution in [1.82, 2.24) is 10.3 Å². The predicted octanol–water partition coefficient (Wildman–Crippen LogP) is 5.06. The molecule has 1 fully saturated rings. The van der Waals surface area contributed by atoms with Gasteiger partial charge in [-0.05, 0) is 61.2 Å². The first-order valence-electron chi connectivity index (χ1n) is 11.1. The van der Waals surface area contributed by atoms with E-state index in [1.807, 2.05) is 12.1 Å². The summed E-state index contributed by atoms with van der Waals surface area (Å²) in [6.07, 6.45) is 2.01. The molecule has 1 unspecified atom stereocenters. The molecular weight excluding hydrogens is 470 g/mol. The summed E-state index contributed by atoms with van der Waals surface area (Å²) in [6, 6.07) is 15.3. The van der Waals surface area contributed by atoms with Gasteiger partial charge in [0.2, 0.25) is 0 Å². The van der Waals surface area contributed by atoms with Crippen molar-refractivity contribution in [3.05, 3.63) is 76.9 Å². The summed E-state index contributed by atoms with van der Waals surface area (Å²) in [5.74, 6) is -1.24. The summed E-state index contributed by atoms with van der Waals surface area (Å²) in [7, 11) is 0. The fourth-order valence-corrected chi connectivity index (χ4v) is 3.79. The van der Waals surface area contributed by atoms with Crippen molar-refractivity contribution in [2.24, 2.45) is 5.92 Å².